The molecule has 5 nitrogen and oxygen atoms in total. The molecule has 0 aromatic heterocycles. The van der Waals surface area contributed by atoms with Gasteiger partial charge in [0.1, 0.15) is 0 Å². The van der Waals surface area contributed by atoms with Crippen LogP contribution in [-0.2, 0) is 16.1 Å². The standard InChI is InChI=1S/C15H21N3O2/c1-4-8-16-10-15(20)17-14-7-5-6-13(9-14)11-18(3)12(2)19/h4-7,9,16H,1,8,10-11H2,2-3H3,(H,17,20). The molecular formula is C15H21N3O2. The van der Waals surface area contributed by atoms with Gasteiger partial charge in [-0.2, -0.15) is 0 Å². The first-order valence-corrected chi connectivity index (χ1v) is 6.45. The van der Waals surface area contributed by atoms with Crippen molar-refractivity contribution in [2.45, 2.75) is 13.5 Å². The van der Waals surface area contributed by atoms with Crippen molar-refractivity contribution in [1.29, 1.82) is 0 Å². The third-order valence-electron chi connectivity index (χ3n) is 2.74. The van der Waals surface area contributed by atoms with E-state index in [2.05, 4.69) is 17.2 Å². The van der Waals surface area contributed by atoms with Crippen LogP contribution in [0.25, 0.3) is 0 Å². The van der Waals surface area contributed by atoms with Crippen molar-refractivity contribution in [2.75, 3.05) is 25.5 Å². The number of nitrogens with one attached hydrogen (secondary N) is 2. The highest BCUT2D eigenvalue weighted by molar-refractivity contribution is 5.92. The lowest BCUT2D eigenvalue weighted by Crippen LogP contribution is -2.28. The van der Waals surface area contributed by atoms with Gasteiger partial charge in [0.15, 0.2) is 0 Å². The molecule has 0 aliphatic heterocycles. The van der Waals surface area contributed by atoms with Gasteiger partial charge in [0.2, 0.25) is 11.8 Å². The van der Waals surface area contributed by atoms with E-state index in [1.165, 1.54) is 6.92 Å². The summed E-state index contributed by atoms with van der Waals surface area (Å²) >= 11 is 0. The van der Waals surface area contributed by atoms with Crippen LogP contribution in [0, 0.1) is 0 Å². The molecule has 0 heterocycles. The lowest BCUT2D eigenvalue weighted by atomic mass is 10.2. The van der Waals surface area contributed by atoms with Crippen LogP contribution in [0.2, 0.25) is 0 Å². The smallest absolute Gasteiger partial charge is 0.238 e. The van der Waals surface area contributed by atoms with Gasteiger partial charge < -0.3 is 15.5 Å². The van der Waals surface area contributed by atoms with Crippen LogP contribution in [0.15, 0.2) is 36.9 Å². The van der Waals surface area contributed by atoms with Crippen molar-refractivity contribution >= 4 is 17.5 Å². The molecule has 2 amide bonds. The quantitative estimate of drug-likeness (QED) is 0.584. The zero-order valence-electron chi connectivity index (χ0n) is 12.0. The molecule has 0 bridgehead atoms. The summed E-state index contributed by atoms with van der Waals surface area (Å²) in [6.07, 6.45) is 1.70. The number of rotatable bonds is 7. The summed E-state index contributed by atoms with van der Waals surface area (Å²) in [5.74, 6) is -0.100. The average Bonchev–Trinajstić information content (AvgIpc) is 2.39. The minimum absolute atomic E-state index is 0.00747. The fourth-order valence-corrected chi connectivity index (χ4v) is 1.63. The molecule has 0 atom stereocenters. The molecule has 1 aromatic rings. The predicted molar refractivity (Wildman–Crippen MR) is 80.3 cm³/mol. The molecule has 108 valence electrons. The van der Waals surface area contributed by atoms with Crippen LogP contribution < -0.4 is 10.6 Å². The highest BCUT2D eigenvalue weighted by atomic mass is 16.2. The van der Waals surface area contributed by atoms with Crippen LogP contribution in [0.4, 0.5) is 5.69 Å². The summed E-state index contributed by atoms with van der Waals surface area (Å²) < 4.78 is 0. The summed E-state index contributed by atoms with van der Waals surface area (Å²) in [5, 5.41) is 5.74. The number of hydrogen-bond acceptors (Lipinski definition) is 3. The lowest BCUT2D eigenvalue weighted by Gasteiger charge is -2.15. The van der Waals surface area contributed by atoms with E-state index >= 15 is 0 Å². The number of nitrogens with zero attached hydrogens (tertiary/aromatic N) is 1. The Morgan fingerprint density at radius 3 is 2.80 bits per heavy atom. The SMILES string of the molecule is C=CCNCC(=O)Nc1cccc(CN(C)C(C)=O)c1. The van der Waals surface area contributed by atoms with Crippen molar-refractivity contribution in [3.8, 4) is 0 Å². The highest BCUT2D eigenvalue weighted by Gasteiger charge is 2.05. The van der Waals surface area contributed by atoms with E-state index < -0.39 is 0 Å². The van der Waals surface area contributed by atoms with Gasteiger partial charge in [-0.25, -0.2) is 0 Å². The molecule has 0 aliphatic rings. The van der Waals surface area contributed by atoms with Gasteiger partial charge in [-0.3, -0.25) is 9.59 Å². The average molecular weight is 275 g/mol. The van der Waals surface area contributed by atoms with Gasteiger partial charge >= 0.3 is 0 Å². The van der Waals surface area contributed by atoms with Crippen molar-refractivity contribution in [2.24, 2.45) is 0 Å². The van der Waals surface area contributed by atoms with Gasteiger partial charge in [0, 0.05) is 32.7 Å². The van der Waals surface area contributed by atoms with E-state index in [9.17, 15) is 9.59 Å². The first-order valence-electron chi connectivity index (χ1n) is 6.45. The first-order chi connectivity index (χ1) is 9.52. The normalized spacial score (nSPS) is 9.90. The Morgan fingerprint density at radius 2 is 2.15 bits per heavy atom. The predicted octanol–water partition coefficient (Wildman–Crippen LogP) is 1.38. The van der Waals surface area contributed by atoms with Gasteiger partial charge in [-0.1, -0.05) is 18.2 Å². The van der Waals surface area contributed by atoms with Crippen LogP contribution in [0.1, 0.15) is 12.5 Å². The Balaban J connectivity index is 2.57. The minimum Gasteiger partial charge on any atom is -0.342 e. The summed E-state index contributed by atoms with van der Waals surface area (Å²) in [7, 11) is 1.74. The van der Waals surface area contributed by atoms with E-state index in [0.717, 1.165) is 11.3 Å². The molecule has 0 saturated carbocycles. The Kier molecular flexibility index (Phi) is 6.46. The molecule has 5 heteroatoms. The number of hydrogen-bond donors (Lipinski definition) is 2. The lowest BCUT2D eigenvalue weighted by molar-refractivity contribution is -0.128. The number of benzene rings is 1. The van der Waals surface area contributed by atoms with E-state index in [1.807, 2.05) is 24.3 Å². The van der Waals surface area contributed by atoms with Crippen LogP contribution >= 0.6 is 0 Å². The summed E-state index contributed by atoms with van der Waals surface area (Å²) in [4.78, 5) is 24.5. The fraction of sp³-hybridized carbons (Fsp3) is 0.333. The van der Waals surface area contributed by atoms with Gasteiger partial charge in [-0.15, -0.1) is 6.58 Å². The second kappa shape index (κ2) is 8.12. The monoisotopic (exact) mass is 275 g/mol. The van der Waals surface area contributed by atoms with E-state index in [1.54, 1.807) is 18.0 Å². The first kappa shape index (κ1) is 15.9. The third-order valence-corrected chi connectivity index (χ3v) is 2.74. The van der Waals surface area contributed by atoms with Crippen molar-refractivity contribution in [3.05, 3.63) is 42.5 Å². The van der Waals surface area contributed by atoms with E-state index in [-0.39, 0.29) is 18.4 Å². The topological polar surface area (TPSA) is 61.4 Å². The number of carbonyl (C=O) groups excluding carboxylic acids is 2. The maximum Gasteiger partial charge on any atom is 0.238 e. The fourth-order valence-electron chi connectivity index (χ4n) is 1.63. The maximum absolute atomic E-state index is 11.7. The van der Waals surface area contributed by atoms with Gasteiger partial charge in [0.05, 0.1) is 6.54 Å². The molecule has 0 fully saturated rings. The second-order valence-electron chi connectivity index (χ2n) is 4.54. The molecule has 0 saturated heterocycles. The van der Waals surface area contributed by atoms with Crippen LogP contribution in [0.3, 0.4) is 0 Å². The molecule has 0 spiro atoms. The Labute approximate surface area is 119 Å². The van der Waals surface area contributed by atoms with Crippen LogP contribution in [0.5, 0.6) is 0 Å². The van der Waals surface area contributed by atoms with Crippen molar-refractivity contribution in [1.82, 2.24) is 10.2 Å². The molecule has 1 aromatic carbocycles. The number of carbonyl (C=O) groups is 2. The largest absolute Gasteiger partial charge is 0.342 e. The summed E-state index contributed by atoms with van der Waals surface area (Å²) in [6, 6.07) is 7.47. The Morgan fingerprint density at radius 1 is 1.40 bits per heavy atom. The van der Waals surface area contributed by atoms with Crippen LogP contribution in [-0.4, -0.2) is 36.9 Å². The minimum atomic E-state index is -0.107. The molecule has 0 aliphatic carbocycles. The Hall–Kier alpha value is -2.14. The molecular weight excluding hydrogens is 254 g/mol. The molecule has 20 heavy (non-hydrogen) atoms. The number of amides is 2. The molecule has 1 rings (SSSR count). The Bertz CT molecular complexity index is 486. The molecule has 0 radical (unpaired) electrons. The van der Waals surface area contributed by atoms with Crippen molar-refractivity contribution < 1.29 is 9.59 Å². The second-order valence-corrected chi connectivity index (χ2v) is 4.54. The highest BCUT2D eigenvalue weighted by Crippen LogP contribution is 2.12. The third kappa shape index (κ3) is 5.67. The summed E-state index contributed by atoms with van der Waals surface area (Å²) in [6.45, 7) is 6.45. The van der Waals surface area contributed by atoms with E-state index in [0.29, 0.717) is 13.1 Å². The van der Waals surface area contributed by atoms with Crippen molar-refractivity contribution in [3.63, 3.8) is 0 Å². The number of anilines is 1. The van der Waals surface area contributed by atoms with E-state index in [4.69, 9.17) is 0 Å². The van der Waals surface area contributed by atoms with Gasteiger partial charge in [0.25, 0.3) is 0 Å². The zero-order chi connectivity index (χ0) is 15.0. The summed E-state index contributed by atoms with van der Waals surface area (Å²) in [5.41, 5.74) is 1.70. The molecule has 0 unspecified atom stereocenters. The maximum atomic E-state index is 11.7. The molecule has 2 N–H and O–H groups in total. The zero-order valence-corrected chi connectivity index (χ0v) is 12.0. The van der Waals surface area contributed by atoms with Gasteiger partial charge in [-0.05, 0) is 17.7 Å².